The Morgan fingerprint density at radius 3 is 2.40 bits per heavy atom. The molecule has 2 unspecified atom stereocenters. The van der Waals surface area contributed by atoms with Gasteiger partial charge < -0.3 is 18.6 Å². The first kappa shape index (κ1) is 21.6. The van der Waals surface area contributed by atoms with Crippen molar-refractivity contribution in [2.24, 2.45) is 5.92 Å². The molecule has 0 N–H and O–H groups in total. The third-order valence-electron chi connectivity index (χ3n) is 4.77. The summed E-state index contributed by atoms with van der Waals surface area (Å²) in [6.45, 7) is 10.5. The lowest BCUT2D eigenvalue weighted by Gasteiger charge is -2.43. The maximum Gasteiger partial charge on any atom is 0.336 e. The van der Waals surface area contributed by atoms with Gasteiger partial charge in [-0.25, -0.2) is 9.59 Å². The molecule has 160 valence electrons. The quantitative estimate of drug-likeness (QED) is 0.423. The molecule has 0 fully saturated rings. The molecule has 30 heavy (non-hydrogen) atoms. The van der Waals surface area contributed by atoms with Gasteiger partial charge in [0.25, 0.3) is 0 Å². The van der Waals surface area contributed by atoms with Crippen LogP contribution in [0.4, 0.5) is 0 Å². The van der Waals surface area contributed by atoms with Crippen molar-refractivity contribution >= 4 is 22.9 Å². The first-order chi connectivity index (χ1) is 14.0. The lowest BCUT2D eigenvalue weighted by atomic mass is 9.87. The molecular weight excluding hydrogens is 388 g/mol. The minimum absolute atomic E-state index is 0.232. The Morgan fingerprint density at radius 1 is 1.10 bits per heavy atom. The molecule has 0 radical (unpaired) electrons. The van der Waals surface area contributed by atoms with Gasteiger partial charge in [-0.3, -0.25) is 4.79 Å². The zero-order valence-corrected chi connectivity index (χ0v) is 18.0. The minimum Gasteiger partial charge on any atom is -0.483 e. The van der Waals surface area contributed by atoms with E-state index < -0.39 is 35.4 Å². The van der Waals surface area contributed by atoms with E-state index >= 15 is 0 Å². The summed E-state index contributed by atoms with van der Waals surface area (Å²) in [6.07, 6.45) is -0.626. The number of ether oxygens (including phenoxy) is 3. The molecule has 1 aliphatic rings. The number of esters is 2. The van der Waals surface area contributed by atoms with Gasteiger partial charge in [-0.05, 0) is 45.9 Å². The van der Waals surface area contributed by atoms with Gasteiger partial charge in [0.1, 0.15) is 16.9 Å². The molecule has 0 saturated heterocycles. The van der Waals surface area contributed by atoms with Gasteiger partial charge in [-0.15, -0.1) is 0 Å². The van der Waals surface area contributed by atoms with Crippen LogP contribution in [0.5, 0.6) is 5.75 Å². The summed E-state index contributed by atoms with van der Waals surface area (Å²) in [5.41, 5.74) is -0.203. The first-order valence-electron chi connectivity index (χ1n) is 9.81. The fraction of sp³-hybridized carbons (Fsp3) is 0.435. The summed E-state index contributed by atoms with van der Waals surface area (Å²) in [4.78, 5) is 36.9. The molecular formula is C23H26O7. The number of carbonyl (C=O) groups excluding carboxylic acids is 2. The highest BCUT2D eigenvalue weighted by Crippen LogP contribution is 2.46. The first-order valence-corrected chi connectivity index (χ1v) is 9.81. The normalized spacial score (nSPS) is 19.6. The third-order valence-corrected chi connectivity index (χ3v) is 4.77. The van der Waals surface area contributed by atoms with E-state index in [0.29, 0.717) is 16.7 Å². The molecule has 0 bridgehead atoms. The van der Waals surface area contributed by atoms with Gasteiger partial charge in [0.05, 0.1) is 11.5 Å². The SMILES string of the molecule is CC(C)=CC(=O)OC1c2c(ccc3ccc(=O)oc23)OC(C)(C)C1OC(=O)C(C)C. The number of carbonyl (C=O) groups is 2. The number of hydrogen-bond donors (Lipinski definition) is 0. The number of rotatable bonds is 4. The summed E-state index contributed by atoms with van der Waals surface area (Å²) < 4.78 is 23.1. The van der Waals surface area contributed by atoms with E-state index in [-0.39, 0.29) is 11.5 Å². The second kappa shape index (κ2) is 7.97. The van der Waals surface area contributed by atoms with Crippen molar-refractivity contribution in [1.82, 2.24) is 0 Å². The number of fused-ring (bicyclic) bond motifs is 3. The molecule has 2 heterocycles. The van der Waals surface area contributed by atoms with Crippen molar-refractivity contribution in [3.8, 4) is 5.75 Å². The van der Waals surface area contributed by atoms with Crippen LogP contribution in [0.2, 0.25) is 0 Å². The molecule has 0 aliphatic carbocycles. The largest absolute Gasteiger partial charge is 0.483 e. The topological polar surface area (TPSA) is 92.0 Å². The Hall–Kier alpha value is -3.09. The van der Waals surface area contributed by atoms with Crippen molar-refractivity contribution in [1.29, 1.82) is 0 Å². The molecule has 1 aromatic carbocycles. The number of hydrogen-bond acceptors (Lipinski definition) is 7. The van der Waals surface area contributed by atoms with Crippen molar-refractivity contribution in [3.63, 3.8) is 0 Å². The van der Waals surface area contributed by atoms with E-state index in [2.05, 4.69) is 0 Å². The average Bonchev–Trinajstić information content (AvgIpc) is 2.62. The zero-order valence-electron chi connectivity index (χ0n) is 18.0. The fourth-order valence-corrected chi connectivity index (χ4v) is 3.33. The summed E-state index contributed by atoms with van der Waals surface area (Å²) >= 11 is 0. The zero-order chi connectivity index (χ0) is 22.2. The van der Waals surface area contributed by atoms with Crippen LogP contribution in [0.15, 0.2) is 45.1 Å². The molecule has 1 aliphatic heterocycles. The predicted octanol–water partition coefficient (Wildman–Crippen LogP) is 4.08. The van der Waals surface area contributed by atoms with Crippen LogP contribution in [-0.2, 0) is 19.1 Å². The lowest BCUT2D eigenvalue weighted by Crippen LogP contribution is -2.52. The summed E-state index contributed by atoms with van der Waals surface area (Å²) in [7, 11) is 0. The van der Waals surface area contributed by atoms with Crippen molar-refractivity contribution in [2.45, 2.75) is 59.4 Å². The van der Waals surface area contributed by atoms with E-state index in [4.69, 9.17) is 18.6 Å². The number of benzene rings is 1. The van der Waals surface area contributed by atoms with Gasteiger partial charge in [0.15, 0.2) is 12.2 Å². The third kappa shape index (κ3) is 4.25. The molecule has 7 nitrogen and oxygen atoms in total. The minimum atomic E-state index is -1.02. The lowest BCUT2D eigenvalue weighted by molar-refractivity contribution is -0.190. The van der Waals surface area contributed by atoms with Crippen molar-refractivity contribution in [2.75, 3.05) is 0 Å². The van der Waals surface area contributed by atoms with E-state index in [1.54, 1.807) is 59.7 Å². The van der Waals surface area contributed by atoms with Crippen LogP contribution >= 0.6 is 0 Å². The second-order valence-electron chi connectivity index (χ2n) is 8.45. The average molecular weight is 414 g/mol. The molecule has 0 spiro atoms. The Kier molecular flexibility index (Phi) is 5.74. The second-order valence-corrected chi connectivity index (χ2v) is 8.45. The van der Waals surface area contributed by atoms with E-state index in [9.17, 15) is 14.4 Å². The fourth-order valence-electron chi connectivity index (χ4n) is 3.33. The van der Waals surface area contributed by atoms with E-state index in [0.717, 1.165) is 5.57 Å². The molecule has 2 atom stereocenters. The Bertz CT molecular complexity index is 1070. The molecule has 0 amide bonds. The highest BCUT2D eigenvalue weighted by Gasteiger charge is 2.50. The van der Waals surface area contributed by atoms with Crippen LogP contribution in [0.1, 0.15) is 53.2 Å². The summed E-state index contributed by atoms with van der Waals surface area (Å²) in [6, 6.07) is 6.40. The highest BCUT2D eigenvalue weighted by atomic mass is 16.6. The molecule has 7 heteroatoms. The molecule has 2 aromatic rings. The smallest absolute Gasteiger partial charge is 0.336 e. The predicted molar refractivity (Wildman–Crippen MR) is 110 cm³/mol. The summed E-state index contributed by atoms with van der Waals surface area (Å²) in [5.74, 6) is -1.04. The van der Waals surface area contributed by atoms with Crippen LogP contribution in [-0.4, -0.2) is 23.6 Å². The van der Waals surface area contributed by atoms with Gasteiger partial charge in [0, 0.05) is 17.5 Å². The highest BCUT2D eigenvalue weighted by molar-refractivity contribution is 5.86. The standard InChI is InChI=1S/C23H26O7/c1-12(2)11-17(25)28-20-18-15(9-7-14-8-10-16(24)27-19(14)18)30-23(5,6)21(20)29-22(26)13(3)4/h7-11,13,20-21H,1-6H3. The van der Waals surface area contributed by atoms with Gasteiger partial charge >= 0.3 is 17.6 Å². The van der Waals surface area contributed by atoms with E-state index in [1.807, 2.05) is 0 Å². The Balaban J connectivity index is 2.22. The van der Waals surface area contributed by atoms with Crippen molar-refractivity contribution < 1.29 is 28.2 Å². The van der Waals surface area contributed by atoms with Gasteiger partial charge in [-0.2, -0.15) is 0 Å². The van der Waals surface area contributed by atoms with Gasteiger partial charge in [0.2, 0.25) is 0 Å². The number of allylic oxidation sites excluding steroid dienone is 1. The van der Waals surface area contributed by atoms with Crippen LogP contribution < -0.4 is 10.4 Å². The maximum atomic E-state index is 12.5. The summed E-state index contributed by atoms with van der Waals surface area (Å²) in [5, 5.41) is 0.633. The maximum absolute atomic E-state index is 12.5. The van der Waals surface area contributed by atoms with Crippen LogP contribution in [0.3, 0.4) is 0 Å². The van der Waals surface area contributed by atoms with E-state index in [1.165, 1.54) is 12.1 Å². The van der Waals surface area contributed by atoms with Crippen LogP contribution in [0.25, 0.3) is 11.0 Å². The monoisotopic (exact) mass is 414 g/mol. The molecule has 1 aromatic heterocycles. The van der Waals surface area contributed by atoms with Crippen molar-refractivity contribution in [3.05, 3.63) is 51.9 Å². The Morgan fingerprint density at radius 2 is 1.77 bits per heavy atom. The molecule has 0 saturated carbocycles. The van der Waals surface area contributed by atoms with Crippen LogP contribution in [0, 0.1) is 5.92 Å². The van der Waals surface area contributed by atoms with Gasteiger partial charge in [-0.1, -0.05) is 19.4 Å². The Labute approximate surface area is 174 Å². The molecule has 3 rings (SSSR count).